The Balaban J connectivity index is 1.51. The number of methoxy groups -OCH3 is 1. The van der Waals surface area contributed by atoms with E-state index in [-0.39, 0.29) is 24.2 Å². The molecule has 1 aromatic carbocycles. The molecule has 1 unspecified atom stereocenters. The van der Waals surface area contributed by atoms with E-state index in [1.54, 1.807) is 12.0 Å². The molecule has 0 bridgehead atoms. The van der Waals surface area contributed by atoms with Gasteiger partial charge in [0.1, 0.15) is 13.2 Å². The second-order valence-electron chi connectivity index (χ2n) is 5.93. The van der Waals surface area contributed by atoms with Gasteiger partial charge >= 0.3 is 0 Å². The highest BCUT2D eigenvalue weighted by Gasteiger charge is 2.33. The molecule has 1 atom stereocenters. The van der Waals surface area contributed by atoms with Crippen LogP contribution in [0, 0.1) is 5.92 Å². The first-order chi connectivity index (χ1) is 11.7. The summed E-state index contributed by atoms with van der Waals surface area (Å²) in [5.41, 5.74) is 0.938. The lowest BCUT2D eigenvalue weighted by molar-refractivity contribution is -0.129. The van der Waals surface area contributed by atoms with Crippen LogP contribution in [0.15, 0.2) is 18.2 Å². The molecule has 0 aromatic heterocycles. The average molecular weight is 334 g/mol. The number of hydrogen-bond acceptors (Lipinski definition) is 5. The Kier molecular flexibility index (Phi) is 5.20. The van der Waals surface area contributed by atoms with Crippen molar-refractivity contribution in [3.05, 3.63) is 23.8 Å². The van der Waals surface area contributed by atoms with Crippen molar-refractivity contribution in [3.63, 3.8) is 0 Å². The quantitative estimate of drug-likeness (QED) is 0.823. The lowest BCUT2D eigenvalue weighted by atomic mass is 10.1. The largest absolute Gasteiger partial charge is 0.486 e. The molecule has 7 nitrogen and oxygen atoms in total. The van der Waals surface area contributed by atoms with E-state index < -0.39 is 0 Å². The Hall–Kier alpha value is -2.28. The van der Waals surface area contributed by atoms with Gasteiger partial charge < -0.3 is 24.4 Å². The van der Waals surface area contributed by atoms with Gasteiger partial charge in [-0.25, -0.2) is 0 Å². The van der Waals surface area contributed by atoms with E-state index in [1.807, 2.05) is 18.2 Å². The maximum atomic E-state index is 12.3. The number of rotatable bonds is 6. The van der Waals surface area contributed by atoms with Crippen molar-refractivity contribution in [1.29, 1.82) is 0 Å². The van der Waals surface area contributed by atoms with Gasteiger partial charge in [0.15, 0.2) is 11.5 Å². The fourth-order valence-corrected chi connectivity index (χ4v) is 2.90. The summed E-state index contributed by atoms with van der Waals surface area (Å²) in [4.78, 5) is 25.9. The highest BCUT2D eigenvalue weighted by molar-refractivity contribution is 5.89. The number of likely N-dealkylation sites (tertiary alicyclic amines) is 1. The Morgan fingerprint density at radius 3 is 2.92 bits per heavy atom. The van der Waals surface area contributed by atoms with Crippen molar-refractivity contribution in [3.8, 4) is 11.5 Å². The van der Waals surface area contributed by atoms with E-state index in [4.69, 9.17) is 14.2 Å². The zero-order valence-corrected chi connectivity index (χ0v) is 13.7. The molecule has 0 radical (unpaired) electrons. The monoisotopic (exact) mass is 334 g/mol. The minimum Gasteiger partial charge on any atom is -0.486 e. The number of fused-ring (bicyclic) bond motifs is 1. The van der Waals surface area contributed by atoms with Crippen LogP contribution in [0.5, 0.6) is 11.5 Å². The summed E-state index contributed by atoms with van der Waals surface area (Å²) in [6.07, 6.45) is 0.261. The number of ether oxygens (including phenoxy) is 3. The Labute approximate surface area is 140 Å². The predicted molar refractivity (Wildman–Crippen MR) is 85.8 cm³/mol. The molecule has 3 rings (SSSR count). The second-order valence-corrected chi connectivity index (χ2v) is 5.93. The average Bonchev–Trinajstić information content (AvgIpc) is 2.98. The molecule has 130 valence electrons. The van der Waals surface area contributed by atoms with Gasteiger partial charge in [0.25, 0.3) is 0 Å². The normalized spacial score (nSPS) is 19.5. The topological polar surface area (TPSA) is 77.1 Å². The molecule has 1 fully saturated rings. The Bertz CT molecular complexity index is 619. The van der Waals surface area contributed by atoms with Crippen LogP contribution in [0.1, 0.15) is 12.0 Å². The third-order valence-electron chi connectivity index (χ3n) is 4.22. The van der Waals surface area contributed by atoms with Gasteiger partial charge in [0, 0.05) is 33.2 Å². The van der Waals surface area contributed by atoms with E-state index in [2.05, 4.69) is 5.32 Å². The fraction of sp³-hybridized carbons (Fsp3) is 0.529. The summed E-state index contributed by atoms with van der Waals surface area (Å²) in [6.45, 7) is 2.95. The molecule has 1 N–H and O–H groups in total. The van der Waals surface area contributed by atoms with Gasteiger partial charge in [-0.3, -0.25) is 9.59 Å². The number of carbonyl (C=O) groups excluding carboxylic acids is 2. The van der Waals surface area contributed by atoms with Crippen LogP contribution in [-0.4, -0.2) is 56.7 Å². The van der Waals surface area contributed by atoms with Crippen LogP contribution >= 0.6 is 0 Å². The van der Waals surface area contributed by atoms with Gasteiger partial charge in [-0.2, -0.15) is 0 Å². The number of benzene rings is 1. The molecule has 1 aromatic rings. The standard InChI is InChI=1S/C17H22N2O5/c1-22-5-4-19-11-13(9-16(19)20)17(21)18-10-12-2-3-14-15(8-12)24-7-6-23-14/h2-3,8,13H,4-7,9-11H2,1H3,(H,18,21). The van der Waals surface area contributed by atoms with Crippen molar-refractivity contribution >= 4 is 11.8 Å². The van der Waals surface area contributed by atoms with Gasteiger partial charge in [-0.05, 0) is 17.7 Å². The van der Waals surface area contributed by atoms with E-state index in [0.717, 1.165) is 11.3 Å². The summed E-state index contributed by atoms with van der Waals surface area (Å²) in [6, 6.07) is 5.62. The van der Waals surface area contributed by atoms with Crippen molar-refractivity contribution in [2.45, 2.75) is 13.0 Å². The summed E-state index contributed by atoms with van der Waals surface area (Å²) in [7, 11) is 1.60. The fourth-order valence-electron chi connectivity index (χ4n) is 2.90. The van der Waals surface area contributed by atoms with Crippen LogP contribution in [-0.2, 0) is 20.9 Å². The van der Waals surface area contributed by atoms with Crippen LogP contribution in [0.2, 0.25) is 0 Å². The maximum Gasteiger partial charge on any atom is 0.225 e. The lowest BCUT2D eigenvalue weighted by Gasteiger charge is -2.19. The number of amides is 2. The third-order valence-corrected chi connectivity index (χ3v) is 4.22. The van der Waals surface area contributed by atoms with E-state index in [1.165, 1.54) is 0 Å². The molecule has 0 spiro atoms. The maximum absolute atomic E-state index is 12.3. The molecular formula is C17H22N2O5. The lowest BCUT2D eigenvalue weighted by Crippen LogP contribution is -2.33. The highest BCUT2D eigenvalue weighted by Crippen LogP contribution is 2.30. The molecule has 7 heteroatoms. The molecule has 2 heterocycles. The van der Waals surface area contributed by atoms with E-state index in [0.29, 0.717) is 45.2 Å². The second kappa shape index (κ2) is 7.53. The van der Waals surface area contributed by atoms with Gasteiger partial charge in [0.05, 0.1) is 12.5 Å². The molecule has 1 saturated heterocycles. The highest BCUT2D eigenvalue weighted by atomic mass is 16.6. The third kappa shape index (κ3) is 3.79. The summed E-state index contributed by atoms with van der Waals surface area (Å²) in [5, 5.41) is 2.90. The van der Waals surface area contributed by atoms with Crippen molar-refractivity contribution < 1.29 is 23.8 Å². The van der Waals surface area contributed by atoms with Crippen LogP contribution in [0.4, 0.5) is 0 Å². The minimum absolute atomic E-state index is 0.00605. The molecular weight excluding hydrogens is 312 g/mol. The smallest absolute Gasteiger partial charge is 0.225 e. The minimum atomic E-state index is -0.299. The zero-order chi connectivity index (χ0) is 16.9. The Morgan fingerprint density at radius 2 is 2.12 bits per heavy atom. The van der Waals surface area contributed by atoms with Crippen LogP contribution in [0.3, 0.4) is 0 Å². The zero-order valence-electron chi connectivity index (χ0n) is 13.7. The van der Waals surface area contributed by atoms with Crippen LogP contribution < -0.4 is 14.8 Å². The predicted octanol–water partition coefficient (Wildman–Crippen LogP) is 0.569. The molecule has 2 aliphatic heterocycles. The van der Waals surface area contributed by atoms with Crippen molar-refractivity contribution in [2.75, 3.05) is 40.0 Å². The molecule has 2 amide bonds. The molecule has 2 aliphatic rings. The molecule has 24 heavy (non-hydrogen) atoms. The van der Waals surface area contributed by atoms with Crippen LogP contribution in [0.25, 0.3) is 0 Å². The summed E-state index contributed by atoms with van der Waals surface area (Å²) >= 11 is 0. The first-order valence-electron chi connectivity index (χ1n) is 8.10. The Morgan fingerprint density at radius 1 is 1.33 bits per heavy atom. The van der Waals surface area contributed by atoms with Gasteiger partial charge in [0.2, 0.25) is 11.8 Å². The van der Waals surface area contributed by atoms with E-state index >= 15 is 0 Å². The van der Waals surface area contributed by atoms with Crippen molar-refractivity contribution in [2.24, 2.45) is 5.92 Å². The first-order valence-corrected chi connectivity index (χ1v) is 8.10. The first kappa shape index (κ1) is 16.6. The summed E-state index contributed by atoms with van der Waals surface area (Å²) < 4.78 is 16.0. The number of hydrogen-bond donors (Lipinski definition) is 1. The molecule has 0 saturated carbocycles. The summed E-state index contributed by atoms with van der Waals surface area (Å²) in [5.74, 6) is 1.04. The SMILES string of the molecule is COCCN1CC(C(=O)NCc2ccc3c(c2)OCCO3)CC1=O. The van der Waals surface area contributed by atoms with Crippen molar-refractivity contribution in [1.82, 2.24) is 10.2 Å². The molecule has 0 aliphatic carbocycles. The number of nitrogens with one attached hydrogen (secondary N) is 1. The van der Waals surface area contributed by atoms with E-state index in [9.17, 15) is 9.59 Å². The van der Waals surface area contributed by atoms with Gasteiger partial charge in [-0.1, -0.05) is 6.07 Å². The van der Waals surface area contributed by atoms with Gasteiger partial charge in [-0.15, -0.1) is 0 Å². The number of nitrogens with zero attached hydrogens (tertiary/aromatic N) is 1. The number of carbonyl (C=O) groups is 2.